The van der Waals surface area contributed by atoms with Crippen LogP contribution in [0, 0.1) is 17.3 Å². The summed E-state index contributed by atoms with van der Waals surface area (Å²) in [5.74, 6) is 2.30. The first-order valence-corrected chi connectivity index (χ1v) is 11.8. The van der Waals surface area contributed by atoms with E-state index in [0.29, 0.717) is 67.4 Å². The zero-order chi connectivity index (χ0) is 22.6. The second-order valence-electron chi connectivity index (χ2n) is 10.1. The van der Waals surface area contributed by atoms with Gasteiger partial charge in [-0.05, 0) is 73.1 Å². The maximum Gasteiger partial charge on any atom is 0.407 e. The van der Waals surface area contributed by atoms with E-state index in [0.717, 1.165) is 32.1 Å². The number of fused-ring (bicyclic) bond motifs is 5. The van der Waals surface area contributed by atoms with Gasteiger partial charge in [0.25, 0.3) is 5.91 Å². The molecule has 0 radical (unpaired) electrons. The molecule has 5 rings (SSSR count). The van der Waals surface area contributed by atoms with E-state index in [1.807, 2.05) is 6.07 Å². The number of ether oxygens (including phenoxy) is 1. The van der Waals surface area contributed by atoms with Crippen LogP contribution < -0.4 is 4.74 Å². The third-order valence-corrected chi connectivity index (χ3v) is 8.82. The Morgan fingerprint density at radius 1 is 1.06 bits per heavy atom. The molecule has 1 N–H and O–H groups in total. The minimum absolute atomic E-state index is 0.0893. The highest BCUT2D eigenvalue weighted by atomic mass is 16.5. The number of carbonyl (C=O) groups excluding carboxylic acids is 2. The number of piperazine rings is 1. The van der Waals surface area contributed by atoms with E-state index in [4.69, 9.17) is 4.74 Å². The Labute approximate surface area is 188 Å². The molecule has 0 unspecified atom stereocenters. The molecule has 1 aromatic carbocycles. The summed E-state index contributed by atoms with van der Waals surface area (Å²) in [7, 11) is 1.60. The molecule has 7 heteroatoms. The van der Waals surface area contributed by atoms with Crippen LogP contribution in [0.15, 0.2) is 12.1 Å². The highest BCUT2D eigenvalue weighted by Crippen LogP contribution is 2.59. The number of methoxy groups -OCH3 is 1. The molecule has 0 bridgehead atoms. The van der Waals surface area contributed by atoms with Crippen molar-refractivity contribution in [3.63, 3.8) is 0 Å². The van der Waals surface area contributed by atoms with Crippen LogP contribution in [-0.4, -0.2) is 66.0 Å². The quantitative estimate of drug-likeness (QED) is 0.760. The fourth-order valence-corrected chi connectivity index (χ4v) is 6.98. The van der Waals surface area contributed by atoms with E-state index >= 15 is 0 Å². The number of nitrogens with zero attached hydrogens (tertiary/aromatic N) is 2. The number of rotatable bonds is 2. The van der Waals surface area contributed by atoms with Crippen LogP contribution in [0.2, 0.25) is 0 Å². The van der Waals surface area contributed by atoms with Crippen molar-refractivity contribution in [1.82, 2.24) is 9.80 Å². The van der Waals surface area contributed by atoms with Gasteiger partial charge in [0.2, 0.25) is 0 Å². The molecule has 0 spiro atoms. The fraction of sp³-hybridized carbons (Fsp3) is 0.640. The van der Waals surface area contributed by atoms with E-state index < -0.39 is 6.09 Å². The van der Waals surface area contributed by atoms with Crippen molar-refractivity contribution in [3.8, 4) is 5.75 Å². The average molecular weight is 441 g/mol. The summed E-state index contributed by atoms with van der Waals surface area (Å²) in [6, 6.07) is 4.09. The topological polar surface area (TPSA) is 87.2 Å². The van der Waals surface area contributed by atoms with E-state index in [2.05, 4.69) is 13.0 Å². The number of hydrogen-bond acceptors (Lipinski definition) is 4. The molecular formula is C25H32N2O5. The van der Waals surface area contributed by atoms with Crippen LogP contribution in [0.4, 0.5) is 4.79 Å². The van der Waals surface area contributed by atoms with Gasteiger partial charge >= 0.3 is 6.09 Å². The van der Waals surface area contributed by atoms with E-state index in [1.54, 1.807) is 12.0 Å². The Morgan fingerprint density at radius 3 is 2.47 bits per heavy atom. The van der Waals surface area contributed by atoms with Crippen LogP contribution in [-0.2, 0) is 11.2 Å². The Balaban J connectivity index is 1.44. The van der Waals surface area contributed by atoms with E-state index in [9.17, 15) is 19.5 Å². The standard InChI is InChI=1S/C25H32N2O5/c1-25-8-7-16-17(20(25)5-6-22(25)28)4-3-15-13-21(32-2)19(14-18(15)16)23(29)26-9-11-27(12-10-26)24(30)31/h13-14,16-17,20H,3-12H2,1-2H3,(H,30,31)/t16-,17+,20-,25-/m0/s1. The fourth-order valence-electron chi connectivity index (χ4n) is 6.98. The molecule has 2 saturated carbocycles. The van der Waals surface area contributed by atoms with Crippen LogP contribution in [0.25, 0.3) is 0 Å². The predicted octanol–water partition coefficient (Wildman–Crippen LogP) is 3.56. The number of amides is 2. The first kappa shape index (κ1) is 21.3. The summed E-state index contributed by atoms with van der Waals surface area (Å²) in [6.07, 6.45) is 4.76. The van der Waals surface area contributed by atoms with Crippen molar-refractivity contribution in [1.29, 1.82) is 0 Å². The van der Waals surface area contributed by atoms with Gasteiger partial charge in [-0.2, -0.15) is 0 Å². The molecule has 0 aromatic heterocycles. The van der Waals surface area contributed by atoms with Gasteiger partial charge in [0.15, 0.2) is 0 Å². The average Bonchev–Trinajstić information content (AvgIpc) is 3.12. The second-order valence-corrected chi connectivity index (χ2v) is 10.1. The van der Waals surface area contributed by atoms with Crippen LogP contribution in [0.1, 0.15) is 66.4 Å². The van der Waals surface area contributed by atoms with Gasteiger partial charge in [-0.15, -0.1) is 0 Å². The molecule has 2 amide bonds. The number of Topliss-reactive ketones (excluding diaryl/α,β-unsaturated/α-hetero) is 1. The van der Waals surface area contributed by atoms with Crippen molar-refractivity contribution in [3.05, 3.63) is 28.8 Å². The largest absolute Gasteiger partial charge is 0.496 e. The lowest BCUT2D eigenvalue weighted by Crippen LogP contribution is -2.50. The SMILES string of the molecule is COc1cc2c(cc1C(=O)N1CCN(C(=O)O)CC1)[C@H]1CC[C@]3(C)C(=O)CC[C@H]3[C@@H]1CC2. The van der Waals surface area contributed by atoms with Gasteiger partial charge in [0.05, 0.1) is 12.7 Å². The lowest BCUT2D eigenvalue weighted by atomic mass is 9.55. The Hall–Kier alpha value is -2.57. The Morgan fingerprint density at radius 2 is 1.78 bits per heavy atom. The van der Waals surface area contributed by atoms with Gasteiger partial charge < -0.3 is 19.6 Å². The molecule has 3 aliphatic carbocycles. The third kappa shape index (κ3) is 3.20. The molecule has 1 heterocycles. The number of carbonyl (C=O) groups is 3. The number of ketones is 1. The summed E-state index contributed by atoms with van der Waals surface area (Å²) < 4.78 is 5.62. The molecule has 172 valence electrons. The molecule has 1 saturated heterocycles. The molecule has 32 heavy (non-hydrogen) atoms. The van der Waals surface area contributed by atoms with Crippen LogP contribution in [0.3, 0.4) is 0 Å². The molecule has 7 nitrogen and oxygen atoms in total. The summed E-state index contributed by atoms with van der Waals surface area (Å²) in [4.78, 5) is 40.3. The van der Waals surface area contributed by atoms with Gasteiger partial charge in [0, 0.05) is 38.0 Å². The van der Waals surface area contributed by atoms with Crippen LogP contribution >= 0.6 is 0 Å². The van der Waals surface area contributed by atoms with Crippen molar-refractivity contribution < 1.29 is 24.2 Å². The first-order chi connectivity index (χ1) is 15.3. The maximum absolute atomic E-state index is 13.4. The normalized spacial score (nSPS) is 31.6. The number of hydrogen-bond donors (Lipinski definition) is 1. The monoisotopic (exact) mass is 440 g/mol. The second kappa shape index (κ2) is 7.78. The van der Waals surface area contributed by atoms with Gasteiger partial charge in [-0.25, -0.2) is 4.79 Å². The number of carboxylic acid groups (broad SMARTS) is 1. The first-order valence-electron chi connectivity index (χ1n) is 11.8. The van der Waals surface area contributed by atoms with Gasteiger partial charge in [0.1, 0.15) is 11.5 Å². The van der Waals surface area contributed by atoms with Crippen molar-refractivity contribution in [2.45, 2.75) is 51.4 Å². The third-order valence-electron chi connectivity index (χ3n) is 8.82. The highest BCUT2D eigenvalue weighted by Gasteiger charge is 2.54. The number of benzene rings is 1. The zero-order valence-electron chi connectivity index (χ0n) is 18.9. The Kier molecular flexibility index (Phi) is 5.18. The number of aryl methyl sites for hydroxylation is 1. The highest BCUT2D eigenvalue weighted by molar-refractivity contribution is 5.97. The molecule has 4 atom stereocenters. The summed E-state index contributed by atoms with van der Waals surface area (Å²) >= 11 is 0. The molecular weight excluding hydrogens is 408 g/mol. The van der Waals surface area contributed by atoms with E-state index in [1.165, 1.54) is 16.0 Å². The minimum atomic E-state index is -0.941. The van der Waals surface area contributed by atoms with E-state index in [-0.39, 0.29) is 11.3 Å². The molecule has 4 aliphatic rings. The van der Waals surface area contributed by atoms with Crippen molar-refractivity contribution in [2.75, 3.05) is 33.3 Å². The minimum Gasteiger partial charge on any atom is -0.496 e. The smallest absolute Gasteiger partial charge is 0.407 e. The molecule has 3 fully saturated rings. The Bertz CT molecular complexity index is 967. The van der Waals surface area contributed by atoms with Crippen LogP contribution in [0.5, 0.6) is 5.75 Å². The summed E-state index contributed by atoms with van der Waals surface area (Å²) in [5.41, 5.74) is 2.94. The maximum atomic E-state index is 13.4. The lowest BCUT2D eigenvalue weighted by Gasteiger charge is -2.48. The van der Waals surface area contributed by atoms with Gasteiger partial charge in [-0.1, -0.05) is 6.92 Å². The lowest BCUT2D eigenvalue weighted by molar-refractivity contribution is -0.129. The molecule has 1 aromatic rings. The summed E-state index contributed by atoms with van der Waals surface area (Å²) in [6.45, 7) is 3.61. The molecule has 1 aliphatic heterocycles. The van der Waals surface area contributed by atoms with Crippen molar-refractivity contribution >= 4 is 17.8 Å². The summed E-state index contributed by atoms with van der Waals surface area (Å²) in [5, 5.41) is 9.19. The van der Waals surface area contributed by atoms with Crippen molar-refractivity contribution in [2.24, 2.45) is 17.3 Å². The van der Waals surface area contributed by atoms with Gasteiger partial charge in [-0.3, -0.25) is 9.59 Å². The predicted molar refractivity (Wildman–Crippen MR) is 118 cm³/mol. The zero-order valence-corrected chi connectivity index (χ0v) is 18.9.